The van der Waals surface area contributed by atoms with Crippen LogP contribution in [-0.2, 0) is 25.3 Å². The van der Waals surface area contributed by atoms with E-state index in [4.69, 9.17) is 0 Å². The number of thiazole rings is 1. The van der Waals surface area contributed by atoms with Crippen LogP contribution >= 0.6 is 23.1 Å². The Bertz CT molecular complexity index is 1180. The zero-order chi connectivity index (χ0) is 21.1. The van der Waals surface area contributed by atoms with Gasteiger partial charge in [-0.3, -0.25) is 18.7 Å². The van der Waals surface area contributed by atoms with Gasteiger partial charge in [-0.1, -0.05) is 13.3 Å². The van der Waals surface area contributed by atoms with Gasteiger partial charge in [-0.05, 0) is 25.3 Å². The summed E-state index contributed by atoms with van der Waals surface area (Å²) in [5, 5.41) is 5.58. The second-order valence-electron chi connectivity index (χ2n) is 6.75. The van der Waals surface area contributed by atoms with E-state index < -0.39 is 11.2 Å². The third kappa shape index (κ3) is 4.43. The molecule has 3 rings (SSSR count). The van der Waals surface area contributed by atoms with Gasteiger partial charge in [0.25, 0.3) is 5.56 Å². The highest BCUT2D eigenvalue weighted by Crippen LogP contribution is 2.29. The van der Waals surface area contributed by atoms with Gasteiger partial charge < -0.3 is 5.32 Å². The van der Waals surface area contributed by atoms with Crippen LogP contribution in [-0.4, -0.2) is 30.8 Å². The normalized spacial score (nSPS) is 11.2. The number of carbonyl (C=O) groups excluding carboxylic acids is 1. The Kier molecular flexibility index (Phi) is 6.53. The van der Waals surface area contributed by atoms with Crippen molar-refractivity contribution in [1.82, 2.24) is 19.1 Å². The number of nitrogens with zero attached hydrogens (tertiary/aromatic N) is 4. The summed E-state index contributed by atoms with van der Waals surface area (Å²) in [6.45, 7) is 3.96. The summed E-state index contributed by atoms with van der Waals surface area (Å²) in [5.74, 6) is -0.0690. The van der Waals surface area contributed by atoms with Crippen LogP contribution in [0.15, 0.2) is 26.1 Å². The molecule has 3 aromatic rings. The third-order valence-electron chi connectivity index (χ3n) is 4.51. The first kappa shape index (κ1) is 21.3. The maximum atomic E-state index is 12.9. The van der Waals surface area contributed by atoms with Gasteiger partial charge in [0.1, 0.15) is 5.65 Å². The van der Waals surface area contributed by atoms with Gasteiger partial charge in [0.15, 0.2) is 5.13 Å². The lowest BCUT2D eigenvalue weighted by Gasteiger charge is -2.14. The molecule has 0 aliphatic heterocycles. The van der Waals surface area contributed by atoms with Crippen molar-refractivity contribution >= 4 is 45.2 Å². The predicted molar refractivity (Wildman–Crippen MR) is 117 cm³/mol. The van der Waals surface area contributed by atoms with Crippen molar-refractivity contribution in [1.29, 1.82) is 0 Å². The van der Waals surface area contributed by atoms with E-state index in [1.165, 1.54) is 34.7 Å². The van der Waals surface area contributed by atoms with E-state index in [0.29, 0.717) is 21.1 Å². The molecule has 0 spiro atoms. The molecule has 1 amide bonds. The number of amides is 1. The summed E-state index contributed by atoms with van der Waals surface area (Å²) in [6.07, 6.45) is 4.40. The van der Waals surface area contributed by atoms with E-state index in [9.17, 15) is 14.4 Å². The lowest BCUT2D eigenvalue weighted by Crippen LogP contribution is -2.37. The van der Waals surface area contributed by atoms with E-state index in [1.807, 2.05) is 12.3 Å². The van der Waals surface area contributed by atoms with Gasteiger partial charge in [-0.2, -0.15) is 0 Å². The Morgan fingerprint density at radius 1 is 1.28 bits per heavy atom. The first-order valence-corrected chi connectivity index (χ1v) is 11.1. The maximum absolute atomic E-state index is 12.9. The first-order chi connectivity index (χ1) is 13.8. The number of fused-ring (bicyclic) bond motifs is 1. The topological polar surface area (TPSA) is 98.9 Å². The van der Waals surface area contributed by atoms with E-state index >= 15 is 0 Å². The van der Waals surface area contributed by atoms with Crippen molar-refractivity contribution in [2.75, 3.05) is 11.1 Å². The van der Waals surface area contributed by atoms with Gasteiger partial charge in [-0.25, -0.2) is 14.8 Å². The zero-order valence-electron chi connectivity index (χ0n) is 16.8. The molecule has 0 aliphatic rings. The quantitative estimate of drug-likeness (QED) is 0.575. The van der Waals surface area contributed by atoms with Crippen LogP contribution in [0.2, 0.25) is 0 Å². The second kappa shape index (κ2) is 8.91. The van der Waals surface area contributed by atoms with E-state index in [-0.39, 0.29) is 11.7 Å². The zero-order valence-corrected chi connectivity index (χ0v) is 18.4. The molecule has 8 nitrogen and oxygen atoms in total. The summed E-state index contributed by atoms with van der Waals surface area (Å²) >= 11 is 2.67. The minimum absolute atomic E-state index is 0.128. The number of carbonyl (C=O) groups is 1. The van der Waals surface area contributed by atoms with Crippen LogP contribution in [0.4, 0.5) is 5.13 Å². The van der Waals surface area contributed by atoms with Crippen LogP contribution in [0.3, 0.4) is 0 Å². The Labute approximate surface area is 176 Å². The van der Waals surface area contributed by atoms with Crippen LogP contribution in [0.25, 0.3) is 11.0 Å². The highest BCUT2D eigenvalue weighted by atomic mass is 32.2. The molecular weight excluding hydrogens is 410 g/mol. The van der Waals surface area contributed by atoms with Crippen LogP contribution in [0.1, 0.15) is 31.0 Å². The molecular formula is C19H23N5O3S2. The molecule has 10 heteroatoms. The van der Waals surface area contributed by atoms with Crippen LogP contribution < -0.4 is 16.6 Å². The number of aryl methyl sites for hydroxylation is 3. The van der Waals surface area contributed by atoms with Crippen molar-refractivity contribution in [3.05, 3.63) is 43.7 Å². The highest BCUT2D eigenvalue weighted by molar-refractivity contribution is 8.00. The van der Waals surface area contributed by atoms with E-state index in [0.717, 1.165) is 35.1 Å². The molecule has 29 heavy (non-hydrogen) atoms. The third-order valence-corrected chi connectivity index (χ3v) is 6.54. The Balaban J connectivity index is 1.99. The van der Waals surface area contributed by atoms with Gasteiger partial charge in [0.05, 0.1) is 16.8 Å². The number of thioether (sulfide) groups is 1. The molecule has 3 heterocycles. The largest absolute Gasteiger partial charge is 0.332 e. The van der Waals surface area contributed by atoms with Crippen LogP contribution in [0.5, 0.6) is 0 Å². The number of rotatable bonds is 7. The first-order valence-electron chi connectivity index (χ1n) is 9.25. The standard InChI is InChI=1S/C19H23N5O3S2/c1-5-6-7-12-8-20-16-14(17(26)24(4)19(27)23(16)3)15(12)28-10-13(25)22-18-21-11(2)9-29-18/h8-9H,5-7,10H2,1-4H3,(H,21,22,25). The minimum Gasteiger partial charge on any atom is -0.301 e. The molecule has 1 N–H and O–H groups in total. The number of nitrogens with one attached hydrogen (secondary N) is 1. The fraction of sp³-hybridized carbons (Fsp3) is 0.421. The number of aromatic nitrogens is 4. The van der Waals surface area contributed by atoms with Crippen molar-refractivity contribution in [2.45, 2.75) is 38.0 Å². The molecule has 154 valence electrons. The van der Waals surface area contributed by atoms with E-state index in [1.54, 1.807) is 13.2 Å². The van der Waals surface area contributed by atoms with Crippen LogP contribution in [0, 0.1) is 6.92 Å². The predicted octanol–water partition coefficient (Wildman–Crippen LogP) is 2.47. The highest BCUT2D eigenvalue weighted by Gasteiger charge is 2.18. The van der Waals surface area contributed by atoms with Gasteiger partial charge in [0, 0.05) is 30.6 Å². The number of unbranched alkanes of at least 4 members (excludes halogenated alkanes) is 1. The molecule has 0 fully saturated rings. The fourth-order valence-electron chi connectivity index (χ4n) is 2.96. The molecule has 3 aromatic heterocycles. The SMILES string of the molecule is CCCCc1cnc2c(c1SCC(=O)Nc1nc(C)cs1)c(=O)n(C)c(=O)n2C. The van der Waals surface area contributed by atoms with Gasteiger partial charge in [0.2, 0.25) is 5.91 Å². The molecule has 0 unspecified atom stereocenters. The second-order valence-corrected chi connectivity index (χ2v) is 8.60. The monoisotopic (exact) mass is 433 g/mol. The average Bonchev–Trinajstić information content (AvgIpc) is 3.11. The van der Waals surface area contributed by atoms with Crippen molar-refractivity contribution < 1.29 is 4.79 Å². The summed E-state index contributed by atoms with van der Waals surface area (Å²) < 4.78 is 2.44. The van der Waals surface area contributed by atoms with Crippen molar-refractivity contribution in [3.63, 3.8) is 0 Å². The average molecular weight is 434 g/mol. The van der Waals surface area contributed by atoms with Crippen molar-refractivity contribution in [3.8, 4) is 0 Å². The molecule has 0 atom stereocenters. The maximum Gasteiger partial charge on any atom is 0.332 e. The summed E-state index contributed by atoms with van der Waals surface area (Å²) in [7, 11) is 3.05. The molecule has 0 saturated carbocycles. The molecule has 0 saturated heterocycles. The molecule has 0 bridgehead atoms. The summed E-state index contributed by atoms with van der Waals surface area (Å²) in [5.41, 5.74) is 1.27. The summed E-state index contributed by atoms with van der Waals surface area (Å²) in [4.78, 5) is 46.9. The Morgan fingerprint density at radius 3 is 2.69 bits per heavy atom. The lowest BCUT2D eigenvalue weighted by atomic mass is 10.1. The van der Waals surface area contributed by atoms with E-state index in [2.05, 4.69) is 22.2 Å². The summed E-state index contributed by atoms with van der Waals surface area (Å²) in [6, 6.07) is 0. The van der Waals surface area contributed by atoms with Gasteiger partial charge >= 0.3 is 5.69 Å². The number of anilines is 1. The lowest BCUT2D eigenvalue weighted by molar-refractivity contribution is -0.113. The number of hydrogen-bond acceptors (Lipinski definition) is 7. The molecule has 0 aromatic carbocycles. The Morgan fingerprint density at radius 2 is 2.03 bits per heavy atom. The number of pyridine rings is 1. The minimum atomic E-state index is -0.427. The number of hydrogen-bond donors (Lipinski definition) is 1. The molecule has 0 aliphatic carbocycles. The fourth-order valence-corrected chi connectivity index (χ4v) is 4.67. The Hall–Kier alpha value is -2.46. The van der Waals surface area contributed by atoms with Crippen molar-refractivity contribution in [2.24, 2.45) is 14.1 Å². The molecule has 0 radical (unpaired) electrons. The van der Waals surface area contributed by atoms with Gasteiger partial charge in [-0.15, -0.1) is 23.1 Å². The smallest absolute Gasteiger partial charge is 0.301 e.